The number of halogens is 2. The molecule has 1 saturated heterocycles. The minimum atomic E-state index is -0.726. The van der Waals surface area contributed by atoms with Crippen molar-refractivity contribution in [3.8, 4) is 16.9 Å². The number of ether oxygens (including phenoxy) is 1. The third kappa shape index (κ3) is 4.53. The van der Waals surface area contributed by atoms with Crippen LogP contribution in [0.1, 0.15) is 25.3 Å². The summed E-state index contributed by atoms with van der Waals surface area (Å²) in [7, 11) is 0. The number of anilines is 1. The average Bonchev–Trinajstić information content (AvgIpc) is 2.79. The van der Waals surface area contributed by atoms with Crippen molar-refractivity contribution >= 4 is 5.95 Å². The van der Waals surface area contributed by atoms with Gasteiger partial charge in [-0.05, 0) is 48.4 Å². The molecule has 2 aromatic heterocycles. The van der Waals surface area contributed by atoms with E-state index in [1.165, 1.54) is 30.9 Å². The number of aromatic nitrogens is 4. The molecular formula is C22H23F2N5O. The van der Waals surface area contributed by atoms with E-state index >= 15 is 0 Å². The third-order valence-corrected chi connectivity index (χ3v) is 5.35. The molecular weight excluding hydrogens is 388 g/mol. The molecule has 156 valence electrons. The maximum absolute atomic E-state index is 14.5. The molecule has 0 radical (unpaired) electrons. The third-order valence-electron chi connectivity index (χ3n) is 5.35. The van der Waals surface area contributed by atoms with Gasteiger partial charge in [-0.1, -0.05) is 6.92 Å². The van der Waals surface area contributed by atoms with Crippen LogP contribution >= 0.6 is 0 Å². The zero-order valence-electron chi connectivity index (χ0n) is 16.8. The van der Waals surface area contributed by atoms with Crippen LogP contribution in [-0.4, -0.2) is 39.6 Å². The number of piperidine rings is 1. The highest BCUT2D eigenvalue weighted by molar-refractivity contribution is 5.62. The monoisotopic (exact) mass is 411 g/mol. The van der Waals surface area contributed by atoms with Gasteiger partial charge >= 0.3 is 0 Å². The molecule has 4 rings (SSSR count). The number of rotatable bonds is 6. The Morgan fingerprint density at radius 2 is 1.60 bits per heavy atom. The molecule has 0 spiro atoms. The van der Waals surface area contributed by atoms with Crippen LogP contribution in [0.15, 0.2) is 43.2 Å². The molecule has 1 aliphatic heterocycles. The SMILES string of the molecule is CCc1cnc(N2CCC(COc3c(F)cc(-c4cncnc4)cc3F)CC2)nc1. The Morgan fingerprint density at radius 1 is 0.967 bits per heavy atom. The number of benzene rings is 1. The van der Waals surface area contributed by atoms with Crippen molar-refractivity contribution in [2.24, 2.45) is 5.92 Å². The lowest BCUT2D eigenvalue weighted by Gasteiger charge is -2.31. The first kappa shape index (κ1) is 20.1. The molecule has 0 saturated carbocycles. The summed E-state index contributed by atoms with van der Waals surface area (Å²) in [5.74, 6) is -0.843. The molecule has 0 aliphatic carbocycles. The van der Waals surface area contributed by atoms with E-state index in [1.807, 2.05) is 12.4 Å². The van der Waals surface area contributed by atoms with Gasteiger partial charge in [0.2, 0.25) is 5.95 Å². The summed E-state index contributed by atoms with van der Waals surface area (Å²) >= 11 is 0. The van der Waals surface area contributed by atoms with Gasteiger partial charge in [0.1, 0.15) is 6.33 Å². The van der Waals surface area contributed by atoms with Gasteiger partial charge in [-0.2, -0.15) is 0 Å². The van der Waals surface area contributed by atoms with Crippen molar-refractivity contribution < 1.29 is 13.5 Å². The second-order valence-electron chi connectivity index (χ2n) is 7.38. The van der Waals surface area contributed by atoms with E-state index in [9.17, 15) is 8.78 Å². The van der Waals surface area contributed by atoms with Gasteiger partial charge in [-0.3, -0.25) is 0 Å². The van der Waals surface area contributed by atoms with Crippen LogP contribution in [0.4, 0.5) is 14.7 Å². The second kappa shape index (κ2) is 9.11. The minimum Gasteiger partial charge on any atom is -0.487 e. The normalized spacial score (nSPS) is 14.7. The van der Waals surface area contributed by atoms with E-state index in [1.54, 1.807) is 0 Å². The second-order valence-corrected chi connectivity index (χ2v) is 7.38. The highest BCUT2D eigenvalue weighted by Crippen LogP contribution is 2.29. The van der Waals surface area contributed by atoms with Gasteiger partial charge in [-0.15, -0.1) is 0 Å². The van der Waals surface area contributed by atoms with Crippen LogP contribution in [0.25, 0.3) is 11.1 Å². The Labute approximate surface area is 174 Å². The van der Waals surface area contributed by atoms with E-state index < -0.39 is 11.6 Å². The van der Waals surface area contributed by atoms with Crippen LogP contribution in [-0.2, 0) is 6.42 Å². The predicted molar refractivity (Wildman–Crippen MR) is 109 cm³/mol. The number of aryl methyl sites for hydroxylation is 1. The lowest BCUT2D eigenvalue weighted by Crippen LogP contribution is -2.36. The number of nitrogens with zero attached hydrogens (tertiary/aromatic N) is 5. The van der Waals surface area contributed by atoms with Gasteiger partial charge in [0.15, 0.2) is 17.4 Å². The van der Waals surface area contributed by atoms with Gasteiger partial charge in [0.25, 0.3) is 0 Å². The van der Waals surface area contributed by atoms with Gasteiger partial charge in [0.05, 0.1) is 6.61 Å². The summed E-state index contributed by atoms with van der Waals surface area (Å²) in [6.45, 7) is 3.92. The Kier molecular flexibility index (Phi) is 6.11. The molecule has 1 fully saturated rings. The molecule has 1 aliphatic rings. The van der Waals surface area contributed by atoms with Crippen molar-refractivity contribution in [3.63, 3.8) is 0 Å². The van der Waals surface area contributed by atoms with Gasteiger partial charge in [-0.25, -0.2) is 28.7 Å². The fourth-order valence-electron chi connectivity index (χ4n) is 3.51. The maximum atomic E-state index is 14.5. The van der Waals surface area contributed by atoms with Gasteiger partial charge < -0.3 is 9.64 Å². The largest absolute Gasteiger partial charge is 0.487 e. The first-order valence-electron chi connectivity index (χ1n) is 10.1. The summed E-state index contributed by atoms with van der Waals surface area (Å²) in [6, 6.07) is 2.49. The fourth-order valence-corrected chi connectivity index (χ4v) is 3.51. The van der Waals surface area contributed by atoms with Crippen LogP contribution in [0.2, 0.25) is 0 Å². The molecule has 3 heterocycles. The van der Waals surface area contributed by atoms with E-state index in [0.717, 1.165) is 43.9 Å². The van der Waals surface area contributed by atoms with Crippen molar-refractivity contribution in [2.45, 2.75) is 26.2 Å². The van der Waals surface area contributed by atoms with Crippen molar-refractivity contribution in [3.05, 3.63) is 60.4 Å². The van der Waals surface area contributed by atoms with E-state index in [4.69, 9.17) is 4.74 Å². The summed E-state index contributed by atoms with van der Waals surface area (Å²) in [5, 5.41) is 0. The average molecular weight is 411 g/mol. The molecule has 0 amide bonds. The lowest BCUT2D eigenvalue weighted by molar-refractivity contribution is 0.207. The first-order valence-corrected chi connectivity index (χ1v) is 10.1. The Balaban J connectivity index is 1.34. The maximum Gasteiger partial charge on any atom is 0.225 e. The Hall–Kier alpha value is -3.16. The smallest absolute Gasteiger partial charge is 0.225 e. The molecule has 1 aromatic carbocycles. The summed E-state index contributed by atoms with van der Waals surface area (Å²) in [6.07, 6.45) is 10.7. The fraction of sp³-hybridized carbons (Fsp3) is 0.364. The standard InChI is InChI=1S/C22H23F2N5O/c1-2-15-9-27-22(28-10-15)29-5-3-16(4-6-29)13-30-21-19(23)7-17(8-20(21)24)18-11-25-14-26-12-18/h7-12,14,16H,2-6,13H2,1H3. The highest BCUT2D eigenvalue weighted by Gasteiger charge is 2.23. The molecule has 8 heteroatoms. The Morgan fingerprint density at radius 3 is 2.20 bits per heavy atom. The van der Waals surface area contributed by atoms with Crippen molar-refractivity contribution in [1.29, 1.82) is 0 Å². The molecule has 30 heavy (non-hydrogen) atoms. The van der Waals surface area contributed by atoms with E-state index in [0.29, 0.717) is 11.1 Å². The number of hydrogen-bond acceptors (Lipinski definition) is 6. The molecule has 0 atom stereocenters. The summed E-state index contributed by atoms with van der Waals surface area (Å²) in [5.41, 5.74) is 2.03. The van der Waals surface area contributed by atoms with Gasteiger partial charge in [0, 0.05) is 43.4 Å². The lowest BCUT2D eigenvalue weighted by atomic mass is 9.98. The number of hydrogen-bond donors (Lipinski definition) is 0. The molecule has 6 nitrogen and oxygen atoms in total. The molecule has 3 aromatic rings. The van der Waals surface area contributed by atoms with Crippen LogP contribution in [0.5, 0.6) is 5.75 Å². The van der Waals surface area contributed by atoms with Crippen molar-refractivity contribution in [1.82, 2.24) is 19.9 Å². The first-order chi connectivity index (χ1) is 14.6. The van der Waals surface area contributed by atoms with E-state index in [-0.39, 0.29) is 18.3 Å². The van der Waals surface area contributed by atoms with Crippen LogP contribution < -0.4 is 9.64 Å². The Bertz CT molecular complexity index is 954. The zero-order chi connectivity index (χ0) is 20.9. The predicted octanol–water partition coefficient (Wildman–Crippen LogP) is 4.07. The van der Waals surface area contributed by atoms with Crippen LogP contribution in [0.3, 0.4) is 0 Å². The van der Waals surface area contributed by atoms with Crippen LogP contribution in [0, 0.1) is 17.6 Å². The zero-order valence-corrected chi connectivity index (χ0v) is 16.8. The summed E-state index contributed by atoms with van der Waals surface area (Å²) < 4.78 is 34.5. The molecule has 0 bridgehead atoms. The highest BCUT2D eigenvalue weighted by atomic mass is 19.1. The topological polar surface area (TPSA) is 64.0 Å². The molecule has 0 unspecified atom stereocenters. The quantitative estimate of drug-likeness (QED) is 0.609. The van der Waals surface area contributed by atoms with Crippen molar-refractivity contribution in [2.75, 3.05) is 24.6 Å². The summed E-state index contributed by atoms with van der Waals surface area (Å²) in [4.78, 5) is 18.7. The minimum absolute atomic E-state index is 0.220. The van der Waals surface area contributed by atoms with E-state index in [2.05, 4.69) is 31.8 Å². The molecule has 0 N–H and O–H groups in total.